The van der Waals surface area contributed by atoms with Crippen LogP contribution in [0, 0.1) is 0 Å². The summed E-state index contributed by atoms with van der Waals surface area (Å²) in [6.45, 7) is 4.62. The monoisotopic (exact) mass is 394 g/mol. The molecule has 1 heterocycles. The van der Waals surface area contributed by atoms with Crippen molar-refractivity contribution in [1.82, 2.24) is 0 Å². The molecule has 1 fully saturated rings. The fourth-order valence-electron chi connectivity index (χ4n) is 2.71. The number of carbonyl (C=O) groups excluding carboxylic acids is 1. The first-order valence-electron chi connectivity index (χ1n) is 8.39. The lowest BCUT2D eigenvalue weighted by Crippen LogP contribution is -2.37. The molecule has 5 nitrogen and oxygen atoms in total. The average Bonchev–Trinajstić information content (AvgIpc) is 2.65. The molecule has 1 saturated heterocycles. The molecule has 2 aromatic rings. The van der Waals surface area contributed by atoms with Gasteiger partial charge in [0.1, 0.15) is 5.75 Å². The Morgan fingerprint density at radius 2 is 1.92 bits per heavy atom. The number of ether oxygens (including phenoxy) is 2. The number of benzene rings is 2. The minimum Gasteiger partial charge on any atom is -0.479 e. The number of morpholine rings is 1. The van der Waals surface area contributed by atoms with Gasteiger partial charge in [0, 0.05) is 18.1 Å². The van der Waals surface area contributed by atoms with Crippen LogP contribution in [0.1, 0.15) is 6.92 Å². The van der Waals surface area contributed by atoms with Crippen LogP contribution in [0.25, 0.3) is 0 Å². The molecule has 1 aliphatic rings. The second kappa shape index (κ2) is 8.62. The van der Waals surface area contributed by atoms with E-state index in [9.17, 15) is 4.79 Å². The van der Waals surface area contributed by atoms with Crippen molar-refractivity contribution in [1.29, 1.82) is 0 Å². The van der Waals surface area contributed by atoms with E-state index in [4.69, 9.17) is 32.7 Å². The first kappa shape index (κ1) is 18.8. The lowest BCUT2D eigenvalue weighted by atomic mass is 10.2. The lowest BCUT2D eigenvalue weighted by molar-refractivity contribution is -0.122. The van der Waals surface area contributed by atoms with Crippen molar-refractivity contribution in [2.24, 2.45) is 0 Å². The Bertz CT molecular complexity index is 779. The average molecular weight is 395 g/mol. The third kappa shape index (κ3) is 4.61. The topological polar surface area (TPSA) is 50.8 Å². The minimum atomic E-state index is -0.716. The summed E-state index contributed by atoms with van der Waals surface area (Å²) in [5, 5.41) is 3.82. The van der Waals surface area contributed by atoms with Crippen LogP contribution < -0.4 is 15.0 Å². The summed E-state index contributed by atoms with van der Waals surface area (Å²) in [7, 11) is 0. The molecule has 138 valence electrons. The second-order valence-electron chi connectivity index (χ2n) is 5.94. The Kier molecular flexibility index (Phi) is 6.25. The zero-order chi connectivity index (χ0) is 18.5. The molecule has 0 spiro atoms. The van der Waals surface area contributed by atoms with Gasteiger partial charge in [0.2, 0.25) is 0 Å². The van der Waals surface area contributed by atoms with Crippen molar-refractivity contribution in [3.63, 3.8) is 0 Å². The number of nitrogens with one attached hydrogen (secondary N) is 1. The number of nitrogens with zero attached hydrogens (tertiary/aromatic N) is 1. The van der Waals surface area contributed by atoms with Gasteiger partial charge >= 0.3 is 0 Å². The van der Waals surface area contributed by atoms with E-state index in [-0.39, 0.29) is 5.91 Å². The number of hydrogen-bond acceptors (Lipinski definition) is 4. The van der Waals surface area contributed by atoms with Gasteiger partial charge in [-0.05, 0) is 37.3 Å². The van der Waals surface area contributed by atoms with Gasteiger partial charge in [-0.15, -0.1) is 0 Å². The number of anilines is 2. The molecule has 3 rings (SSSR count). The van der Waals surface area contributed by atoms with E-state index in [1.54, 1.807) is 25.1 Å². The SMILES string of the molecule is C[C@@H](Oc1ccc(Cl)cc1Cl)C(=O)Nc1ccccc1N1CCOCC1. The Hall–Kier alpha value is -1.95. The highest BCUT2D eigenvalue weighted by molar-refractivity contribution is 6.35. The molecule has 2 aromatic carbocycles. The van der Waals surface area contributed by atoms with E-state index in [0.29, 0.717) is 29.0 Å². The Labute approximate surface area is 162 Å². The van der Waals surface area contributed by atoms with Crippen LogP contribution in [0.15, 0.2) is 42.5 Å². The molecule has 0 aliphatic carbocycles. The molecule has 0 bridgehead atoms. The van der Waals surface area contributed by atoms with Gasteiger partial charge in [0.15, 0.2) is 6.10 Å². The molecule has 0 aromatic heterocycles. The van der Waals surface area contributed by atoms with Gasteiger partial charge in [-0.1, -0.05) is 35.3 Å². The zero-order valence-electron chi connectivity index (χ0n) is 14.4. The number of amides is 1. The number of carbonyl (C=O) groups is 1. The van der Waals surface area contributed by atoms with E-state index in [1.165, 1.54) is 0 Å². The van der Waals surface area contributed by atoms with E-state index >= 15 is 0 Å². The molecule has 0 radical (unpaired) electrons. The fourth-order valence-corrected chi connectivity index (χ4v) is 3.16. The maximum absolute atomic E-state index is 12.6. The van der Waals surface area contributed by atoms with Crippen molar-refractivity contribution in [2.75, 3.05) is 36.5 Å². The highest BCUT2D eigenvalue weighted by Gasteiger charge is 2.20. The third-order valence-corrected chi connectivity index (χ3v) is 4.61. The van der Waals surface area contributed by atoms with Gasteiger partial charge < -0.3 is 19.7 Å². The molecule has 1 atom stereocenters. The van der Waals surface area contributed by atoms with Crippen LogP contribution in [0.2, 0.25) is 10.0 Å². The van der Waals surface area contributed by atoms with Gasteiger partial charge in [-0.25, -0.2) is 0 Å². The minimum absolute atomic E-state index is 0.253. The maximum Gasteiger partial charge on any atom is 0.265 e. The quantitative estimate of drug-likeness (QED) is 0.823. The first-order chi connectivity index (χ1) is 12.5. The largest absolute Gasteiger partial charge is 0.479 e. The summed E-state index contributed by atoms with van der Waals surface area (Å²) in [5.41, 5.74) is 1.72. The smallest absolute Gasteiger partial charge is 0.265 e. The third-order valence-electron chi connectivity index (χ3n) is 4.08. The van der Waals surface area contributed by atoms with Crippen LogP contribution in [0.5, 0.6) is 5.75 Å². The Morgan fingerprint density at radius 1 is 1.19 bits per heavy atom. The number of halogens is 2. The van der Waals surface area contributed by atoms with Crippen molar-refractivity contribution in [3.05, 3.63) is 52.5 Å². The van der Waals surface area contributed by atoms with Crippen LogP contribution in [-0.2, 0) is 9.53 Å². The van der Waals surface area contributed by atoms with Gasteiger partial charge in [0.25, 0.3) is 5.91 Å². The molecule has 0 unspecified atom stereocenters. The zero-order valence-corrected chi connectivity index (χ0v) is 15.9. The number of hydrogen-bond donors (Lipinski definition) is 1. The van der Waals surface area contributed by atoms with Crippen molar-refractivity contribution in [2.45, 2.75) is 13.0 Å². The van der Waals surface area contributed by atoms with Crippen LogP contribution in [0.3, 0.4) is 0 Å². The standard InChI is InChI=1S/C19H20Cl2N2O3/c1-13(26-18-7-6-14(20)12-15(18)21)19(24)22-16-4-2-3-5-17(16)23-8-10-25-11-9-23/h2-7,12-13H,8-11H2,1H3,(H,22,24)/t13-/m1/s1. The van der Waals surface area contributed by atoms with E-state index in [1.807, 2.05) is 24.3 Å². The molecule has 1 aliphatic heterocycles. The number of para-hydroxylation sites is 2. The van der Waals surface area contributed by atoms with E-state index in [2.05, 4.69) is 10.2 Å². The Balaban J connectivity index is 1.69. The van der Waals surface area contributed by atoms with Crippen molar-refractivity contribution < 1.29 is 14.3 Å². The molecular weight excluding hydrogens is 375 g/mol. The lowest BCUT2D eigenvalue weighted by Gasteiger charge is -2.30. The fraction of sp³-hybridized carbons (Fsp3) is 0.316. The maximum atomic E-state index is 12.6. The van der Waals surface area contributed by atoms with Crippen molar-refractivity contribution in [3.8, 4) is 5.75 Å². The van der Waals surface area contributed by atoms with E-state index < -0.39 is 6.10 Å². The number of rotatable bonds is 5. The van der Waals surface area contributed by atoms with Gasteiger partial charge in [-0.2, -0.15) is 0 Å². The van der Waals surface area contributed by atoms with Gasteiger partial charge in [-0.3, -0.25) is 4.79 Å². The summed E-state index contributed by atoms with van der Waals surface area (Å²) < 4.78 is 11.1. The summed E-state index contributed by atoms with van der Waals surface area (Å²) in [6.07, 6.45) is -0.716. The summed E-state index contributed by atoms with van der Waals surface area (Å²) in [5.74, 6) is 0.164. The summed E-state index contributed by atoms with van der Waals surface area (Å²) >= 11 is 12.0. The first-order valence-corrected chi connectivity index (χ1v) is 9.14. The normalized spacial score (nSPS) is 15.4. The highest BCUT2D eigenvalue weighted by atomic mass is 35.5. The highest BCUT2D eigenvalue weighted by Crippen LogP contribution is 2.29. The molecule has 7 heteroatoms. The molecule has 0 saturated carbocycles. The Morgan fingerprint density at radius 3 is 2.65 bits per heavy atom. The molecular formula is C19H20Cl2N2O3. The van der Waals surface area contributed by atoms with Crippen LogP contribution in [0.4, 0.5) is 11.4 Å². The van der Waals surface area contributed by atoms with Gasteiger partial charge in [0.05, 0.1) is 29.6 Å². The predicted octanol–water partition coefficient (Wildman–Crippen LogP) is 4.24. The van der Waals surface area contributed by atoms with Crippen LogP contribution >= 0.6 is 23.2 Å². The predicted molar refractivity (Wildman–Crippen MR) is 105 cm³/mol. The summed E-state index contributed by atoms with van der Waals surface area (Å²) in [4.78, 5) is 14.8. The molecule has 1 N–H and O–H groups in total. The molecule has 26 heavy (non-hydrogen) atoms. The van der Waals surface area contributed by atoms with E-state index in [0.717, 1.165) is 24.5 Å². The molecule has 1 amide bonds. The van der Waals surface area contributed by atoms with Crippen molar-refractivity contribution >= 4 is 40.5 Å². The summed E-state index contributed by atoms with van der Waals surface area (Å²) in [6, 6.07) is 12.6. The second-order valence-corrected chi connectivity index (χ2v) is 6.78. The van der Waals surface area contributed by atoms with Crippen LogP contribution in [-0.4, -0.2) is 38.3 Å².